The second kappa shape index (κ2) is 13.1. The summed E-state index contributed by atoms with van der Waals surface area (Å²) < 4.78 is 2.02. The zero-order valence-electron chi connectivity index (χ0n) is 25.6. The Morgan fingerprint density at radius 3 is 2.44 bits per heavy atom. The molecule has 0 unspecified atom stereocenters. The van der Waals surface area contributed by atoms with E-state index in [1.807, 2.05) is 71.4 Å². The highest BCUT2D eigenvalue weighted by Gasteiger charge is 2.29. The molecule has 1 aliphatic heterocycles. The quantitative estimate of drug-likeness (QED) is 0.177. The Kier molecular flexibility index (Phi) is 8.95. The van der Waals surface area contributed by atoms with Crippen LogP contribution in [0.3, 0.4) is 0 Å². The minimum Gasteiger partial charge on any atom is -0.379 e. The van der Waals surface area contributed by atoms with Crippen molar-refractivity contribution in [1.29, 1.82) is 5.26 Å². The number of nitrogens with one attached hydrogen (secondary N) is 2. The van der Waals surface area contributed by atoms with Crippen molar-refractivity contribution in [3.05, 3.63) is 112 Å². The van der Waals surface area contributed by atoms with E-state index in [4.69, 9.17) is 23.2 Å². The maximum Gasteiger partial charge on any atom is 0.109 e. The number of hydrogen-bond donors (Lipinski definition) is 2. The minimum atomic E-state index is -0.327. The molecule has 0 bridgehead atoms. The van der Waals surface area contributed by atoms with Crippen molar-refractivity contribution in [3.63, 3.8) is 0 Å². The van der Waals surface area contributed by atoms with Gasteiger partial charge in [0.2, 0.25) is 0 Å². The van der Waals surface area contributed by atoms with Gasteiger partial charge in [-0.05, 0) is 69.0 Å². The molecule has 45 heavy (non-hydrogen) atoms. The molecule has 0 radical (unpaired) electrons. The van der Waals surface area contributed by atoms with Crippen molar-refractivity contribution < 1.29 is 0 Å². The van der Waals surface area contributed by atoms with Gasteiger partial charge in [0.1, 0.15) is 11.8 Å². The Morgan fingerprint density at radius 2 is 1.76 bits per heavy atom. The van der Waals surface area contributed by atoms with Gasteiger partial charge in [0, 0.05) is 47.5 Å². The fourth-order valence-corrected chi connectivity index (χ4v) is 6.35. The van der Waals surface area contributed by atoms with Gasteiger partial charge in [0.05, 0.1) is 40.1 Å². The lowest BCUT2D eigenvalue weighted by Crippen LogP contribution is -2.46. The van der Waals surface area contributed by atoms with E-state index >= 15 is 0 Å². The zero-order chi connectivity index (χ0) is 31.6. The number of likely N-dealkylation sites (tertiary alicyclic amines) is 1. The smallest absolute Gasteiger partial charge is 0.109 e. The number of halogens is 2. The van der Waals surface area contributed by atoms with E-state index in [1.165, 1.54) is 0 Å². The first-order chi connectivity index (χ1) is 21.7. The van der Waals surface area contributed by atoms with E-state index in [0.29, 0.717) is 39.4 Å². The summed E-state index contributed by atoms with van der Waals surface area (Å²) in [5, 5.41) is 28.2. The Hall–Kier alpha value is -4.16. The van der Waals surface area contributed by atoms with E-state index in [0.717, 1.165) is 53.8 Å². The fraction of sp³-hybridized carbons (Fsp3) is 0.314. The molecule has 8 nitrogen and oxygen atoms in total. The van der Waals surface area contributed by atoms with Crippen LogP contribution in [-0.2, 0) is 6.54 Å². The molecule has 0 aliphatic carbocycles. The molecule has 0 saturated carbocycles. The summed E-state index contributed by atoms with van der Waals surface area (Å²) in [5.74, 6) is 0. The molecule has 0 amide bonds. The summed E-state index contributed by atoms with van der Waals surface area (Å²) >= 11 is 13.1. The topological polar surface area (TPSA) is 94.7 Å². The van der Waals surface area contributed by atoms with Gasteiger partial charge in [-0.2, -0.15) is 5.26 Å². The van der Waals surface area contributed by atoms with E-state index in [1.54, 1.807) is 6.20 Å². The Balaban J connectivity index is 1.33. The maximum absolute atomic E-state index is 9.93. The molecule has 1 aliphatic rings. The van der Waals surface area contributed by atoms with Crippen LogP contribution in [0.15, 0.2) is 79.1 Å². The molecule has 3 aromatic carbocycles. The Morgan fingerprint density at radius 1 is 1.02 bits per heavy atom. The summed E-state index contributed by atoms with van der Waals surface area (Å²) in [6.07, 6.45) is 5.66. The maximum atomic E-state index is 9.93. The molecule has 1 saturated heterocycles. The summed E-state index contributed by atoms with van der Waals surface area (Å²) in [5.41, 5.74) is 5.54. The van der Waals surface area contributed by atoms with E-state index in [9.17, 15) is 5.26 Å². The molecular formula is C35H36Cl2N8. The van der Waals surface area contributed by atoms with Gasteiger partial charge in [-0.3, -0.25) is 9.88 Å². The van der Waals surface area contributed by atoms with E-state index < -0.39 is 0 Å². The molecule has 10 heteroatoms. The average molecular weight is 640 g/mol. The molecule has 230 valence electrons. The first-order valence-electron chi connectivity index (χ1n) is 15.2. The van der Waals surface area contributed by atoms with Gasteiger partial charge in [-0.25, -0.2) is 4.68 Å². The lowest BCUT2D eigenvalue weighted by atomic mass is 9.98. The van der Waals surface area contributed by atoms with Crippen LogP contribution in [0.25, 0.3) is 10.9 Å². The third-order valence-electron chi connectivity index (χ3n) is 8.48. The van der Waals surface area contributed by atoms with E-state index in [2.05, 4.69) is 63.9 Å². The number of anilines is 2. The second-order valence-corrected chi connectivity index (χ2v) is 13.3. The predicted molar refractivity (Wildman–Crippen MR) is 182 cm³/mol. The fourth-order valence-electron chi connectivity index (χ4n) is 5.96. The Labute approximate surface area is 274 Å². The number of hydrogen-bond acceptors (Lipinski definition) is 7. The number of nitriles is 1. The van der Waals surface area contributed by atoms with Crippen LogP contribution < -0.4 is 10.6 Å². The monoisotopic (exact) mass is 638 g/mol. The lowest BCUT2D eigenvalue weighted by Gasteiger charge is -2.40. The van der Waals surface area contributed by atoms with Crippen LogP contribution in [-0.4, -0.2) is 43.5 Å². The standard InChI is InChI=1S/C35H36Cl2N8/c1-35(2,3)44-15-13-28(14-16-44)45-22-31(42-43-45)33(24-9-11-26(36)12-10-24)41-27-17-29-32(39-20-23-7-5-4-6-8-23)25(19-38)21-40-34(29)30(37)18-27/h4-12,17-18,21-22,28,33,41H,13-16,20H2,1-3H3,(H,39,40)/t33-/m0/s1. The molecule has 1 fully saturated rings. The number of rotatable bonds is 8. The first-order valence-corrected chi connectivity index (χ1v) is 15.9. The van der Waals surface area contributed by atoms with Crippen molar-refractivity contribution in [2.24, 2.45) is 0 Å². The van der Waals surface area contributed by atoms with Gasteiger partial charge in [0.25, 0.3) is 0 Å². The van der Waals surface area contributed by atoms with Crippen LogP contribution >= 0.6 is 23.2 Å². The van der Waals surface area contributed by atoms with Crippen LogP contribution in [0.4, 0.5) is 11.4 Å². The largest absolute Gasteiger partial charge is 0.379 e. The number of benzene rings is 3. The molecular weight excluding hydrogens is 603 g/mol. The van der Waals surface area contributed by atoms with Crippen molar-refractivity contribution in [2.75, 3.05) is 23.7 Å². The van der Waals surface area contributed by atoms with Crippen LogP contribution in [0.1, 0.15) is 68.1 Å². The summed E-state index contributed by atoms with van der Waals surface area (Å²) in [7, 11) is 0. The van der Waals surface area contributed by atoms with Gasteiger partial charge >= 0.3 is 0 Å². The lowest BCUT2D eigenvalue weighted by molar-refractivity contribution is 0.0866. The predicted octanol–water partition coefficient (Wildman–Crippen LogP) is 8.25. The van der Waals surface area contributed by atoms with Crippen molar-refractivity contribution in [3.8, 4) is 6.07 Å². The second-order valence-electron chi connectivity index (χ2n) is 12.5. The van der Waals surface area contributed by atoms with Crippen molar-refractivity contribution >= 4 is 45.5 Å². The highest BCUT2D eigenvalue weighted by Crippen LogP contribution is 2.36. The average Bonchev–Trinajstić information content (AvgIpc) is 3.53. The number of fused-ring (bicyclic) bond motifs is 1. The Bertz CT molecular complexity index is 1820. The summed E-state index contributed by atoms with van der Waals surface area (Å²) in [6, 6.07) is 23.9. The van der Waals surface area contributed by atoms with Crippen LogP contribution in [0.2, 0.25) is 10.0 Å². The third kappa shape index (κ3) is 6.91. The molecule has 5 aromatic rings. The zero-order valence-corrected chi connectivity index (χ0v) is 27.1. The number of nitrogens with zero attached hydrogens (tertiary/aromatic N) is 6. The van der Waals surface area contributed by atoms with Crippen molar-refractivity contribution in [2.45, 2.75) is 57.8 Å². The van der Waals surface area contributed by atoms with Gasteiger partial charge in [0.15, 0.2) is 0 Å². The normalized spacial score (nSPS) is 15.1. The first kappa shape index (κ1) is 30.8. The van der Waals surface area contributed by atoms with Crippen molar-refractivity contribution in [1.82, 2.24) is 24.9 Å². The molecule has 0 spiro atoms. The molecule has 3 heterocycles. The summed E-state index contributed by atoms with van der Waals surface area (Å²) in [6.45, 7) is 9.40. The third-order valence-corrected chi connectivity index (χ3v) is 9.02. The molecule has 1 atom stereocenters. The van der Waals surface area contributed by atoms with Gasteiger partial charge < -0.3 is 10.6 Å². The summed E-state index contributed by atoms with van der Waals surface area (Å²) in [4.78, 5) is 7.05. The molecule has 6 rings (SSSR count). The van der Waals surface area contributed by atoms with E-state index in [-0.39, 0.29) is 11.6 Å². The SMILES string of the molecule is CC(C)(C)N1CCC(n2cc([C@@H](Nc3cc(Cl)c4ncc(C#N)c(NCc5ccccc5)c4c3)c3ccc(Cl)cc3)nn2)CC1. The van der Waals surface area contributed by atoms with Crippen LogP contribution in [0, 0.1) is 11.3 Å². The van der Waals surface area contributed by atoms with Crippen LogP contribution in [0.5, 0.6) is 0 Å². The highest BCUT2D eigenvalue weighted by molar-refractivity contribution is 6.36. The van der Waals surface area contributed by atoms with Gasteiger partial charge in [-0.1, -0.05) is 70.9 Å². The molecule has 2 aromatic heterocycles. The number of aromatic nitrogens is 4. The number of pyridine rings is 1. The number of piperidine rings is 1. The minimum absolute atomic E-state index is 0.156. The molecule has 2 N–H and O–H groups in total. The highest BCUT2D eigenvalue weighted by atomic mass is 35.5. The van der Waals surface area contributed by atoms with Gasteiger partial charge in [-0.15, -0.1) is 5.10 Å².